The summed E-state index contributed by atoms with van der Waals surface area (Å²) in [6, 6.07) is 4.03. The van der Waals surface area contributed by atoms with E-state index < -0.39 is 0 Å². The molecule has 0 fully saturated rings. The van der Waals surface area contributed by atoms with Crippen LogP contribution < -0.4 is 0 Å². The molecule has 20 heavy (non-hydrogen) atoms. The van der Waals surface area contributed by atoms with E-state index in [0.717, 1.165) is 23.0 Å². The molecular formula is C16H16N4. The zero-order chi connectivity index (χ0) is 14.5. The van der Waals surface area contributed by atoms with Crippen molar-refractivity contribution in [2.75, 3.05) is 0 Å². The fourth-order valence-corrected chi connectivity index (χ4v) is 2.18. The highest BCUT2D eigenvalue weighted by Gasteiger charge is 2.06. The fraction of sp³-hybridized carbons (Fsp3) is 0.312. The largest absolute Gasteiger partial charge is 0.346 e. The van der Waals surface area contributed by atoms with Crippen molar-refractivity contribution in [1.29, 1.82) is 5.26 Å². The highest BCUT2D eigenvalue weighted by Crippen LogP contribution is 2.20. The van der Waals surface area contributed by atoms with Gasteiger partial charge in [0.2, 0.25) is 0 Å². The summed E-state index contributed by atoms with van der Waals surface area (Å²) in [4.78, 5) is 10.7. The van der Waals surface area contributed by atoms with E-state index in [1.807, 2.05) is 18.5 Å². The van der Waals surface area contributed by atoms with Gasteiger partial charge in [-0.3, -0.25) is 0 Å². The Labute approximate surface area is 118 Å². The summed E-state index contributed by atoms with van der Waals surface area (Å²) in [5, 5.41) is 9.83. The molecule has 0 saturated carbocycles. The van der Waals surface area contributed by atoms with E-state index in [4.69, 9.17) is 11.8 Å². The molecule has 0 bridgehead atoms. The summed E-state index contributed by atoms with van der Waals surface area (Å²) in [6.07, 6.45) is 7.02. The van der Waals surface area contributed by atoms with Gasteiger partial charge < -0.3 is 4.98 Å². The van der Waals surface area contributed by atoms with Gasteiger partial charge in [-0.2, -0.15) is 0 Å². The van der Waals surface area contributed by atoms with Crippen LogP contribution in [-0.4, -0.2) is 9.97 Å². The van der Waals surface area contributed by atoms with Crippen molar-refractivity contribution in [3.63, 3.8) is 0 Å². The molecule has 0 aliphatic heterocycles. The minimum Gasteiger partial charge on any atom is -0.346 e. The van der Waals surface area contributed by atoms with E-state index in [0.29, 0.717) is 12.3 Å². The summed E-state index contributed by atoms with van der Waals surface area (Å²) in [5.41, 5.74) is 3.25. The molecule has 2 rings (SSSR count). The van der Waals surface area contributed by atoms with Gasteiger partial charge in [0.15, 0.2) is 0 Å². The lowest BCUT2D eigenvalue weighted by molar-refractivity contribution is 0.646. The summed E-state index contributed by atoms with van der Waals surface area (Å²) in [6.45, 7) is 11.2. The molecule has 2 aromatic heterocycles. The van der Waals surface area contributed by atoms with Crippen molar-refractivity contribution in [3.8, 4) is 6.07 Å². The summed E-state index contributed by atoms with van der Waals surface area (Å²) < 4.78 is 0. The van der Waals surface area contributed by atoms with Gasteiger partial charge in [0.05, 0.1) is 12.6 Å². The van der Waals surface area contributed by atoms with Gasteiger partial charge in [-0.25, -0.2) is 15.1 Å². The number of allylic oxidation sites excluding steroid dienone is 2. The van der Waals surface area contributed by atoms with Crippen LogP contribution in [-0.2, 0) is 12.8 Å². The third-order valence-corrected chi connectivity index (χ3v) is 3.07. The minimum atomic E-state index is 0.130. The first-order valence-electron chi connectivity index (χ1n) is 6.56. The number of hydrogen-bond donors (Lipinski definition) is 1. The maximum atomic E-state index is 8.76. The Kier molecular flexibility index (Phi) is 4.17. The number of nitrogens with zero attached hydrogens (tertiary/aromatic N) is 3. The number of fused-ring (bicyclic) bond motifs is 1. The normalized spacial score (nSPS) is 11.6. The molecule has 0 atom stereocenters. The van der Waals surface area contributed by atoms with Crippen LogP contribution in [0.1, 0.15) is 25.0 Å². The van der Waals surface area contributed by atoms with E-state index in [2.05, 4.69) is 34.7 Å². The second kappa shape index (κ2) is 6.04. The number of hydrogen-bond acceptors (Lipinski definition) is 2. The SMILES string of the molecule is [C-]#[N+]/C(C#N)=C\Cc1c[nH]c2ncc(CC(C)C)cc12. The first kappa shape index (κ1) is 13.8. The van der Waals surface area contributed by atoms with Crippen LogP contribution in [0, 0.1) is 23.8 Å². The van der Waals surface area contributed by atoms with Crippen LogP contribution in [0.2, 0.25) is 0 Å². The van der Waals surface area contributed by atoms with Gasteiger partial charge in [0, 0.05) is 17.8 Å². The second-order valence-corrected chi connectivity index (χ2v) is 5.17. The zero-order valence-corrected chi connectivity index (χ0v) is 11.6. The van der Waals surface area contributed by atoms with Crippen molar-refractivity contribution in [3.05, 3.63) is 52.8 Å². The number of aromatic nitrogens is 2. The average molecular weight is 264 g/mol. The standard InChI is InChI=1S/C16H16N4/c1-11(2)6-12-7-15-13(4-5-14(8-17)18-3)10-20-16(15)19-9-12/h5,7,9-11H,4,6H2,1-2H3,(H,19,20)/b14-5-. The van der Waals surface area contributed by atoms with E-state index >= 15 is 0 Å². The first-order valence-corrected chi connectivity index (χ1v) is 6.56. The molecule has 0 saturated heterocycles. The highest BCUT2D eigenvalue weighted by molar-refractivity contribution is 5.80. The number of nitriles is 1. The quantitative estimate of drug-likeness (QED) is 0.677. The molecule has 0 aliphatic rings. The fourth-order valence-electron chi connectivity index (χ4n) is 2.18. The molecule has 0 amide bonds. The monoisotopic (exact) mass is 264 g/mol. The Morgan fingerprint density at radius 2 is 2.40 bits per heavy atom. The average Bonchev–Trinajstić information content (AvgIpc) is 2.82. The van der Waals surface area contributed by atoms with E-state index in [1.165, 1.54) is 5.56 Å². The molecule has 1 N–H and O–H groups in total. The second-order valence-electron chi connectivity index (χ2n) is 5.17. The topological polar surface area (TPSA) is 56.8 Å². The zero-order valence-electron chi connectivity index (χ0n) is 11.6. The number of rotatable bonds is 4. The van der Waals surface area contributed by atoms with E-state index in [1.54, 1.807) is 6.08 Å². The molecule has 100 valence electrons. The lowest BCUT2D eigenvalue weighted by atomic mass is 10.0. The molecule has 2 aromatic rings. The van der Waals surface area contributed by atoms with E-state index in [-0.39, 0.29) is 5.70 Å². The molecule has 2 heterocycles. The van der Waals surface area contributed by atoms with Crippen LogP contribution in [0.15, 0.2) is 30.2 Å². The molecule has 4 heteroatoms. The number of pyridine rings is 1. The molecule has 0 spiro atoms. The molecule has 0 aromatic carbocycles. The number of aromatic amines is 1. The van der Waals surface area contributed by atoms with Crippen LogP contribution in [0.25, 0.3) is 15.9 Å². The van der Waals surface area contributed by atoms with Crippen LogP contribution in [0.3, 0.4) is 0 Å². The smallest absolute Gasteiger partial charge is 0.258 e. The summed E-state index contributed by atoms with van der Waals surface area (Å²) in [7, 11) is 0. The van der Waals surface area contributed by atoms with Crippen molar-refractivity contribution in [2.45, 2.75) is 26.7 Å². The lowest BCUT2D eigenvalue weighted by Crippen LogP contribution is -1.95. The summed E-state index contributed by atoms with van der Waals surface area (Å²) >= 11 is 0. The third-order valence-electron chi connectivity index (χ3n) is 3.07. The van der Waals surface area contributed by atoms with Gasteiger partial charge in [0.1, 0.15) is 5.65 Å². The van der Waals surface area contributed by atoms with Gasteiger partial charge >= 0.3 is 0 Å². The van der Waals surface area contributed by atoms with Gasteiger partial charge in [-0.05, 0) is 36.0 Å². The summed E-state index contributed by atoms with van der Waals surface area (Å²) in [5.74, 6) is 0.587. The van der Waals surface area contributed by atoms with Gasteiger partial charge in [-0.15, -0.1) is 0 Å². The van der Waals surface area contributed by atoms with Crippen molar-refractivity contribution >= 4 is 11.0 Å². The van der Waals surface area contributed by atoms with E-state index in [9.17, 15) is 0 Å². The number of nitrogens with one attached hydrogen (secondary N) is 1. The van der Waals surface area contributed by atoms with Crippen LogP contribution in [0.5, 0.6) is 0 Å². The first-order chi connectivity index (χ1) is 9.63. The predicted molar refractivity (Wildman–Crippen MR) is 78.6 cm³/mol. The minimum absolute atomic E-state index is 0.130. The van der Waals surface area contributed by atoms with Gasteiger partial charge in [0.25, 0.3) is 5.70 Å². The Bertz CT molecular complexity index is 707. The Hall–Kier alpha value is -2.59. The predicted octanol–water partition coefficient (Wildman–Crippen LogP) is 3.63. The lowest BCUT2D eigenvalue weighted by Gasteiger charge is -2.04. The molecular weight excluding hydrogens is 248 g/mol. The highest BCUT2D eigenvalue weighted by atomic mass is 14.8. The van der Waals surface area contributed by atoms with Crippen molar-refractivity contribution in [2.24, 2.45) is 5.92 Å². The Morgan fingerprint density at radius 3 is 3.05 bits per heavy atom. The maximum Gasteiger partial charge on any atom is 0.258 e. The molecule has 0 aliphatic carbocycles. The number of H-pyrrole nitrogens is 1. The Balaban J connectivity index is 2.33. The van der Waals surface area contributed by atoms with Gasteiger partial charge in [-0.1, -0.05) is 19.9 Å². The van der Waals surface area contributed by atoms with Crippen LogP contribution in [0.4, 0.5) is 0 Å². The van der Waals surface area contributed by atoms with Crippen molar-refractivity contribution in [1.82, 2.24) is 9.97 Å². The third kappa shape index (κ3) is 3.05. The molecule has 0 unspecified atom stereocenters. The molecule has 0 radical (unpaired) electrons. The Morgan fingerprint density at radius 1 is 1.60 bits per heavy atom. The molecule has 4 nitrogen and oxygen atoms in total. The van der Waals surface area contributed by atoms with Crippen LogP contribution >= 0.6 is 0 Å². The maximum absolute atomic E-state index is 8.76. The van der Waals surface area contributed by atoms with Crippen molar-refractivity contribution < 1.29 is 0 Å².